The van der Waals surface area contributed by atoms with Crippen LogP contribution in [-0.4, -0.2) is 15.7 Å². The molecule has 0 saturated carbocycles. The van der Waals surface area contributed by atoms with Crippen LogP contribution in [0.15, 0.2) is 30.5 Å². The van der Waals surface area contributed by atoms with E-state index in [4.69, 9.17) is 0 Å². The highest BCUT2D eigenvalue weighted by atomic mass is 19.1. The number of halogens is 1. The number of aryl methyl sites for hydroxylation is 2. The van der Waals surface area contributed by atoms with E-state index in [1.807, 2.05) is 0 Å². The van der Waals surface area contributed by atoms with E-state index in [9.17, 15) is 9.18 Å². The summed E-state index contributed by atoms with van der Waals surface area (Å²) in [5.41, 5.74) is 1.73. The molecule has 0 aliphatic carbocycles. The number of nitrogens with zero attached hydrogens (tertiary/aromatic N) is 2. The van der Waals surface area contributed by atoms with Crippen molar-refractivity contribution in [3.05, 3.63) is 47.5 Å². The monoisotopic (exact) mass is 233 g/mol. The van der Waals surface area contributed by atoms with Crippen molar-refractivity contribution in [1.29, 1.82) is 0 Å². The fraction of sp³-hybridized carbons (Fsp3) is 0.167. The zero-order chi connectivity index (χ0) is 12.4. The van der Waals surface area contributed by atoms with E-state index in [1.165, 1.54) is 24.3 Å². The Bertz CT molecular complexity index is 545. The molecule has 0 fully saturated rings. The first kappa shape index (κ1) is 11.3. The second-order valence-electron chi connectivity index (χ2n) is 3.76. The Labute approximate surface area is 98.1 Å². The van der Waals surface area contributed by atoms with Gasteiger partial charge in [-0.2, -0.15) is 5.10 Å². The maximum absolute atomic E-state index is 12.7. The third-order valence-electron chi connectivity index (χ3n) is 2.36. The summed E-state index contributed by atoms with van der Waals surface area (Å²) in [5, 5.41) is 6.76. The number of carbonyl (C=O) groups excluding carboxylic acids is 1. The summed E-state index contributed by atoms with van der Waals surface area (Å²) in [5.74, 6) is -0.581. The first-order valence-corrected chi connectivity index (χ1v) is 5.13. The molecule has 0 aliphatic rings. The normalized spacial score (nSPS) is 10.3. The molecule has 5 heteroatoms. The number of carbonyl (C=O) groups is 1. The predicted octanol–water partition coefficient (Wildman–Crippen LogP) is 2.12. The third-order valence-corrected chi connectivity index (χ3v) is 2.36. The lowest BCUT2D eigenvalue weighted by molar-refractivity contribution is 0.102. The second kappa shape index (κ2) is 4.37. The lowest BCUT2D eigenvalue weighted by Gasteiger charge is -2.03. The quantitative estimate of drug-likeness (QED) is 0.863. The van der Waals surface area contributed by atoms with Crippen LogP contribution in [0.2, 0.25) is 0 Å². The van der Waals surface area contributed by atoms with Crippen molar-refractivity contribution in [3.63, 3.8) is 0 Å². The van der Waals surface area contributed by atoms with Crippen LogP contribution >= 0.6 is 0 Å². The largest absolute Gasteiger partial charge is 0.322 e. The van der Waals surface area contributed by atoms with Crippen molar-refractivity contribution >= 4 is 11.6 Å². The Morgan fingerprint density at radius 2 is 2.00 bits per heavy atom. The Morgan fingerprint density at radius 1 is 1.35 bits per heavy atom. The van der Waals surface area contributed by atoms with Crippen LogP contribution in [-0.2, 0) is 7.05 Å². The van der Waals surface area contributed by atoms with Crippen LogP contribution in [0.3, 0.4) is 0 Å². The first-order chi connectivity index (χ1) is 8.06. The molecule has 2 rings (SSSR count). The molecule has 0 atom stereocenters. The molecule has 1 heterocycles. The molecule has 0 saturated heterocycles. The van der Waals surface area contributed by atoms with E-state index in [2.05, 4.69) is 10.4 Å². The number of hydrogen-bond acceptors (Lipinski definition) is 2. The van der Waals surface area contributed by atoms with E-state index in [0.29, 0.717) is 16.9 Å². The molecule has 17 heavy (non-hydrogen) atoms. The van der Waals surface area contributed by atoms with Crippen molar-refractivity contribution in [1.82, 2.24) is 9.78 Å². The molecule has 0 spiro atoms. The van der Waals surface area contributed by atoms with Gasteiger partial charge < -0.3 is 5.32 Å². The van der Waals surface area contributed by atoms with Gasteiger partial charge >= 0.3 is 0 Å². The average Bonchev–Trinajstić information content (AvgIpc) is 2.61. The highest BCUT2D eigenvalue weighted by molar-refractivity contribution is 6.04. The highest BCUT2D eigenvalue weighted by Crippen LogP contribution is 2.12. The summed E-state index contributed by atoms with van der Waals surface area (Å²) in [7, 11) is 1.75. The topological polar surface area (TPSA) is 46.9 Å². The van der Waals surface area contributed by atoms with Gasteiger partial charge in [-0.15, -0.1) is 0 Å². The fourth-order valence-electron chi connectivity index (χ4n) is 1.55. The van der Waals surface area contributed by atoms with Crippen molar-refractivity contribution < 1.29 is 9.18 Å². The first-order valence-electron chi connectivity index (χ1n) is 5.13. The summed E-state index contributed by atoms with van der Waals surface area (Å²) in [6, 6.07) is 5.62. The minimum atomic E-state index is -0.333. The van der Waals surface area contributed by atoms with Crippen LogP contribution in [0.1, 0.15) is 16.1 Å². The minimum Gasteiger partial charge on any atom is -0.322 e. The number of amides is 1. The minimum absolute atomic E-state index is 0.248. The van der Waals surface area contributed by atoms with Crippen LogP contribution in [0.5, 0.6) is 0 Å². The SMILES string of the molecule is Cc1nn(C)cc1C(=O)Nc1ccc(F)cc1. The third kappa shape index (κ3) is 2.50. The molecule has 0 aliphatic heterocycles. The maximum Gasteiger partial charge on any atom is 0.259 e. The standard InChI is InChI=1S/C12H12FN3O/c1-8-11(7-16(2)15-8)12(17)14-10-5-3-9(13)4-6-10/h3-7H,1-2H3,(H,14,17). The number of nitrogens with one attached hydrogen (secondary N) is 1. The summed E-state index contributed by atoms with van der Waals surface area (Å²) in [4.78, 5) is 11.9. The van der Waals surface area contributed by atoms with E-state index < -0.39 is 0 Å². The molecule has 2 aromatic rings. The lowest BCUT2D eigenvalue weighted by Crippen LogP contribution is -2.12. The van der Waals surface area contributed by atoms with Gasteiger partial charge in [-0.1, -0.05) is 0 Å². The molecule has 1 aromatic carbocycles. The molecule has 1 aromatic heterocycles. The highest BCUT2D eigenvalue weighted by Gasteiger charge is 2.12. The van der Waals surface area contributed by atoms with Gasteiger partial charge in [0, 0.05) is 18.9 Å². The number of anilines is 1. The van der Waals surface area contributed by atoms with Crippen LogP contribution in [0, 0.1) is 12.7 Å². The van der Waals surface area contributed by atoms with E-state index >= 15 is 0 Å². The van der Waals surface area contributed by atoms with E-state index in [-0.39, 0.29) is 11.7 Å². The molecule has 0 radical (unpaired) electrons. The Balaban J connectivity index is 2.17. The number of rotatable bonds is 2. The number of hydrogen-bond donors (Lipinski definition) is 1. The molecule has 88 valence electrons. The van der Waals surface area contributed by atoms with Gasteiger partial charge in [0.1, 0.15) is 5.82 Å². The summed E-state index contributed by atoms with van der Waals surface area (Å²) >= 11 is 0. The Morgan fingerprint density at radius 3 is 2.53 bits per heavy atom. The molecule has 0 unspecified atom stereocenters. The van der Waals surface area contributed by atoms with Crippen LogP contribution < -0.4 is 5.32 Å². The predicted molar refractivity (Wildman–Crippen MR) is 62.3 cm³/mol. The molecular weight excluding hydrogens is 221 g/mol. The average molecular weight is 233 g/mol. The summed E-state index contributed by atoms with van der Waals surface area (Å²) in [6.45, 7) is 1.76. The van der Waals surface area contributed by atoms with Crippen molar-refractivity contribution in [2.24, 2.45) is 7.05 Å². The van der Waals surface area contributed by atoms with Gasteiger partial charge in [-0.3, -0.25) is 9.48 Å². The van der Waals surface area contributed by atoms with Gasteiger partial charge in [-0.25, -0.2) is 4.39 Å². The molecular formula is C12H12FN3O. The Hall–Kier alpha value is -2.17. The zero-order valence-electron chi connectivity index (χ0n) is 9.57. The zero-order valence-corrected chi connectivity index (χ0v) is 9.57. The molecule has 1 amide bonds. The van der Waals surface area contributed by atoms with Crippen LogP contribution in [0.4, 0.5) is 10.1 Å². The fourth-order valence-corrected chi connectivity index (χ4v) is 1.55. The number of aromatic nitrogens is 2. The molecule has 1 N–H and O–H groups in total. The Kier molecular flexibility index (Phi) is 2.91. The molecule has 4 nitrogen and oxygen atoms in total. The summed E-state index contributed by atoms with van der Waals surface area (Å²) in [6.07, 6.45) is 1.65. The van der Waals surface area contributed by atoms with Crippen molar-refractivity contribution in [3.8, 4) is 0 Å². The van der Waals surface area contributed by atoms with E-state index in [0.717, 1.165) is 0 Å². The van der Waals surface area contributed by atoms with Gasteiger partial charge in [-0.05, 0) is 31.2 Å². The van der Waals surface area contributed by atoms with Crippen molar-refractivity contribution in [2.75, 3.05) is 5.32 Å². The summed E-state index contributed by atoms with van der Waals surface area (Å²) < 4.78 is 14.3. The van der Waals surface area contributed by atoms with Crippen molar-refractivity contribution in [2.45, 2.75) is 6.92 Å². The second-order valence-corrected chi connectivity index (χ2v) is 3.76. The van der Waals surface area contributed by atoms with Gasteiger partial charge in [0.15, 0.2) is 0 Å². The number of benzene rings is 1. The molecule has 0 bridgehead atoms. The smallest absolute Gasteiger partial charge is 0.259 e. The van der Waals surface area contributed by atoms with Crippen LogP contribution in [0.25, 0.3) is 0 Å². The van der Waals surface area contributed by atoms with Gasteiger partial charge in [0.25, 0.3) is 5.91 Å². The lowest BCUT2D eigenvalue weighted by atomic mass is 10.2. The maximum atomic E-state index is 12.7. The van der Waals surface area contributed by atoms with Gasteiger partial charge in [0.2, 0.25) is 0 Å². The van der Waals surface area contributed by atoms with E-state index in [1.54, 1.807) is 24.9 Å². The van der Waals surface area contributed by atoms with Gasteiger partial charge in [0.05, 0.1) is 11.3 Å².